The van der Waals surface area contributed by atoms with Crippen LogP contribution < -0.4 is 5.32 Å². The maximum atomic E-state index is 10.0. The molecule has 0 saturated heterocycles. The van der Waals surface area contributed by atoms with Crippen molar-refractivity contribution in [3.63, 3.8) is 0 Å². The molecule has 0 aliphatic rings. The molecule has 2 heteroatoms. The molecular formula is C8H17NO. The van der Waals surface area contributed by atoms with E-state index < -0.39 is 0 Å². The summed E-state index contributed by atoms with van der Waals surface area (Å²) in [6.45, 7) is 6.41. The van der Waals surface area contributed by atoms with Gasteiger partial charge in [-0.3, -0.25) is 4.79 Å². The molecule has 0 aromatic rings. The molecule has 0 rings (SSSR count). The van der Waals surface area contributed by atoms with Gasteiger partial charge in [-0.25, -0.2) is 0 Å². The number of carbonyl (C=O) groups is 1. The molecule has 60 valence electrons. The third kappa shape index (κ3) is 4.36. The van der Waals surface area contributed by atoms with Gasteiger partial charge in [0.05, 0.1) is 0 Å². The van der Waals surface area contributed by atoms with Gasteiger partial charge in [0.1, 0.15) is 0 Å². The maximum absolute atomic E-state index is 10.0. The first-order valence-corrected chi connectivity index (χ1v) is 3.90. The minimum atomic E-state index is 0.373. The van der Waals surface area contributed by atoms with Crippen molar-refractivity contribution in [1.29, 1.82) is 0 Å². The van der Waals surface area contributed by atoms with Gasteiger partial charge in [0.15, 0.2) is 0 Å². The molecule has 1 atom stereocenters. The predicted octanol–water partition coefficient (Wildman–Crippen LogP) is 1.56. The minimum absolute atomic E-state index is 0.373. The minimum Gasteiger partial charge on any atom is -0.356 e. The molecule has 2 nitrogen and oxygen atoms in total. The lowest BCUT2D eigenvalue weighted by atomic mass is 10.0. The Morgan fingerprint density at radius 2 is 2.10 bits per heavy atom. The Kier molecular flexibility index (Phi) is 4.99. The standard InChI is InChI=1S/C8H17NO/c1-4-8(9-6-10)5-7(2)3/h6-8H,4-5H2,1-3H3,(H,9,10). The van der Waals surface area contributed by atoms with Gasteiger partial charge < -0.3 is 5.32 Å². The van der Waals surface area contributed by atoms with Crippen molar-refractivity contribution < 1.29 is 4.79 Å². The van der Waals surface area contributed by atoms with Crippen LogP contribution in [0.3, 0.4) is 0 Å². The van der Waals surface area contributed by atoms with Gasteiger partial charge in [-0.1, -0.05) is 20.8 Å². The Morgan fingerprint density at radius 1 is 1.50 bits per heavy atom. The summed E-state index contributed by atoms with van der Waals surface area (Å²) in [7, 11) is 0. The zero-order chi connectivity index (χ0) is 7.98. The van der Waals surface area contributed by atoms with Gasteiger partial charge in [0.2, 0.25) is 6.41 Å². The van der Waals surface area contributed by atoms with E-state index in [4.69, 9.17) is 0 Å². The van der Waals surface area contributed by atoms with Crippen LogP contribution in [0.1, 0.15) is 33.6 Å². The van der Waals surface area contributed by atoms with Crippen molar-refractivity contribution in [1.82, 2.24) is 5.32 Å². The van der Waals surface area contributed by atoms with Crippen LogP contribution in [0.25, 0.3) is 0 Å². The highest BCUT2D eigenvalue weighted by Gasteiger charge is 2.05. The summed E-state index contributed by atoms with van der Waals surface area (Å²) in [6.07, 6.45) is 2.89. The number of hydrogen-bond acceptors (Lipinski definition) is 1. The summed E-state index contributed by atoms with van der Waals surface area (Å²) in [6, 6.07) is 0.373. The topological polar surface area (TPSA) is 29.1 Å². The number of amides is 1. The Labute approximate surface area is 63.0 Å². The molecule has 1 unspecified atom stereocenters. The summed E-state index contributed by atoms with van der Waals surface area (Å²) < 4.78 is 0. The molecule has 0 saturated carbocycles. The average Bonchev–Trinajstić information content (AvgIpc) is 1.86. The van der Waals surface area contributed by atoms with Crippen molar-refractivity contribution in [3.05, 3.63) is 0 Å². The van der Waals surface area contributed by atoms with Gasteiger partial charge in [0, 0.05) is 6.04 Å². The number of carbonyl (C=O) groups excluding carboxylic acids is 1. The van der Waals surface area contributed by atoms with Gasteiger partial charge in [0.25, 0.3) is 0 Å². The van der Waals surface area contributed by atoms with E-state index in [0.717, 1.165) is 19.3 Å². The van der Waals surface area contributed by atoms with E-state index >= 15 is 0 Å². The summed E-state index contributed by atoms with van der Waals surface area (Å²) in [4.78, 5) is 10.0. The fraction of sp³-hybridized carbons (Fsp3) is 0.875. The molecule has 0 radical (unpaired) electrons. The maximum Gasteiger partial charge on any atom is 0.207 e. The van der Waals surface area contributed by atoms with Crippen molar-refractivity contribution >= 4 is 6.41 Å². The van der Waals surface area contributed by atoms with Gasteiger partial charge in [-0.2, -0.15) is 0 Å². The lowest BCUT2D eigenvalue weighted by Gasteiger charge is -2.15. The number of nitrogens with one attached hydrogen (secondary N) is 1. The van der Waals surface area contributed by atoms with Crippen LogP contribution >= 0.6 is 0 Å². The smallest absolute Gasteiger partial charge is 0.207 e. The predicted molar refractivity (Wildman–Crippen MR) is 42.7 cm³/mol. The Hall–Kier alpha value is -0.530. The van der Waals surface area contributed by atoms with Crippen molar-refractivity contribution in [2.45, 2.75) is 39.7 Å². The fourth-order valence-electron chi connectivity index (χ4n) is 1.02. The molecule has 1 amide bonds. The Bertz CT molecular complexity index is 91.3. The summed E-state index contributed by atoms with van der Waals surface area (Å²) in [5, 5.41) is 2.78. The number of hydrogen-bond donors (Lipinski definition) is 1. The van der Waals surface area contributed by atoms with Crippen LogP contribution in [0.5, 0.6) is 0 Å². The van der Waals surface area contributed by atoms with E-state index in [9.17, 15) is 4.79 Å². The zero-order valence-corrected chi connectivity index (χ0v) is 7.05. The second-order valence-corrected chi connectivity index (χ2v) is 3.02. The van der Waals surface area contributed by atoms with Crippen molar-refractivity contribution in [2.75, 3.05) is 0 Å². The average molecular weight is 143 g/mol. The molecule has 10 heavy (non-hydrogen) atoms. The molecule has 0 aromatic carbocycles. The Morgan fingerprint density at radius 3 is 2.40 bits per heavy atom. The molecule has 0 heterocycles. The zero-order valence-electron chi connectivity index (χ0n) is 7.05. The van der Waals surface area contributed by atoms with Crippen LogP contribution in [0.15, 0.2) is 0 Å². The van der Waals surface area contributed by atoms with E-state index in [1.165, 1.54) is 0 Å². The van der Waals surface area contributed by atoms with E-state index in [0.29, 0.717) is 12.0 Å². The highest BCUT2D eigenvalue weighted by Crippen LogP contribution is 2.06. The first kappa shape index (κ1) is 9.47. The normalized spacial score (nSPS) is 13.2. The molecule has 0 bridgehead atoms. The summed E-state index contributed by atoms with van der Waals surface area (Å²) in [5.74, 6) is 0.664. The largest absolute Gasteiger partial charge is 0.356 e. The van der Waals surface area contributed by atoms with Gasteiger partial charge in [-0.15, -0.1) is 0 Å². The molecular weight excluding hydrogens is 126 g/mol. The van der Waals surface area contributed by atoms with Gasteiger partial charge >= 0.3 is 0 Å². The number of rotatable bonds is 5. The van der Waals surface area contributed by atoms with Crippen LogP contribution in [0.4, 0.5) is 0 Å². The van der Waals surface area contributed by atoms with Crippen LogP contribution in [-0.2, 0) is 4.79 Å². The van der Waals surface area contributed by atoms with E-state index in [1.54, 1.807) is 0 Å². The fourth-order valence-corrected chi connectivity index (χ4v) is 1.02. The molecule has 0 aliphatic carbocycles. The highest BCUT2D eigenvalue weighted by molar-refractivity contribution is 5.46. The quantitative estimate of drug-likeness (QED) is 0.581. The lowest BCUT2D eigenvalue weighted by Crippen LogP contribution is -2.28. The van der Waals surface area contributed by atoms with E-state index in [1.807, 2.05) is 0 Å². The summed E-state index contributed by atoms with van der Waals surface area (Å²) >= 11 is 0. The van der Waals surface area contributed by atoms with E-state index in [2.05, 4.69) is 26.1 Å². The van der Waals surface area contributed by atoms with Crippen LogP contribution in [0.2, 0.25) is 0 Å². The van der Waals surface area contributed by atoms with Crippen LogP contribution in [0, 0.1) is 5.92 Å². The van der Waals surface area contributed by atoms with Crippen molar-refractivity contribution in [2.24, 2.45) is 5.92 Å². The monoisotopic (exact) mass is 143 g/mol. The lowest BCUT2D eigenvalue weighted by molar-refractivity contribution is -0.110. The summed E-state index contributed by atoms with van der Waals surface area (Å²) in [5.41, 5.74) is 0. The third-order valence-electron chi connectivity index (χ3n) is 1.55. The molecule has 0 aliphatic heterocycles. The SMILES string of the molecule is CCC(CC(C)C)NC=O. The molecule has 0 spiro atoms. The van der Waals surface area contributed by atoms with Gasteiger partial charge in [-0.05, 0) is 18.8 Å². The molecule has 0 aromatic heterocycles. The Balaban J connectivity index is 3.48. The molecule has 0 fully saturated rings. The highest BCUT2D eigenvalue weighted by atomic mass is 16.1. The van der Waals surface area contributed by atoms with E-state index in [-0.39, 0.29) is 0 Å². The first-order chi connectivity index (χ1) is 4.70. The van der Waals surface area contributed by atoms with Crippen LogP contribution in [-0.4, -0.2) is 12.5 Å². The second-order valence-electron chi connectivity index (χ2n) is 3.02. The van der Waals surface area contributed by atoms with Crippen molar-refractivity contribution in [3.8, 4) is 0 Å². The second kappa shape index (κ2) is 5.27. The molecule has 1 N–H and O–H groups in total. The third-order valence-corrected chi connectivity index (χ3v) is 1.55. The first-order valence-electron chi connectivity index (χ1n) is 3.90.